The van der Waals surface area contributed by atoms with Gasteiger partial charge in [-0.25, -0.2) is 13.6 Å². The minimum absolute atomic E-state index is 0.0453. The summed E-state index contributed by atoms with van der Waals surface area (Å²) in [5, 5.41) is 19.2. The van der Waals surface area contributed by atoms with Crippen molar-refractivity contribution in [3.05, 3.63) is 29.5 Å². The molecule has 1 aromatic carbocycles. The van der Waals surface area contributed by atoms with Crippen LogP contribution in [0.2, 0.25) is 0 Å². The molecule has 1 aliphatic rings. The van der Waals surface area contributed by atoms with Crippen molar-refractivity contribution in [2.24, 2.45) is 7.05 Å². The molecule has 0 atom stereocenters. The molecule has 0 unspecified atom stereocenters. The Bertz CT molecular complexity index is 796. The van der Waals surface area contributed by atoms with E-state index in [0.717, 1.165) is 12.1 Å². The number of amides is 2. The second kappa shape index (κ2) is 5.66. The summed E-state index contributed by atoms with van der Waals surface area (Å²) in [5.41, 5.74) is 0.109. The molecule has 1 saturated heterocycles. The van der Waals surface area contributed by atoms with E-state index in [4.69, 9.17) is 5.11 Å². The number of hydrogen-bond donors (Lipinski definition) is 2. The van der Waals surface area contributed by atoms with Crippen LogP contribution in [0.4, 0.5) is 13.6 Å². The van der Waals surface area contributed by atoms with Crippen molar-refractivity contribution in [1.29, 1.82) is 0 Å². The largest absolute Gasteiger partial charge is 0.505 e. The van der Waals surface area contributed by atoms with Gasteiger partial charge in [0.2, 0.25) is 0 Å². The zero-order valence-corrected chi connectivity index (χ0v) is 12.8. The van der Waals surface area contributed by atoms with Crippen LogP contribution in [0, 0.1) is 11.6 Å². The number of aryl methyl sites for hydroxylation is 1. The fraction of sp³-hybridized carbons (Fsp3) is 0.333. The predicted molar refractivity (Wildman–Crippen MR) is 80.0 cm³/mol. The van der Waals surface area contributed by atoms with Gasteiger partial charge in [0.05, 0.1) is 5.52 Å². The van der Waals surface area contributed by atoms with E-state index in [1.165, 1.54) is 21.4 Å². The molecule has 0 saturated carbocycles. The molecule has 0 spiro atoms. The summed E-state index contributed by atoms with van der Waals surface area (Å²) < 4.78 is 28.1. The number of piperazine rings is 1. The number of halogens is 2. The average molecular weight is 339 g/mol. The van der Waals surface area contributed by atoms with Gasteiger partial charge in [0.15, 0.2) is 17.4 Å². The normalized spacial score (nSPS) is 15.1. The third kappa shape index (κ3) is 2.41. The Balaban J connectivity index is 1.95. The van der Waals surface area contributed by atoms with E-state index in [1.54, 1.807) is 0 Å². The van der Waals surface area contributed by atoms with Gasteiger partial charge >= 0.3 is 6.09 Å². The highest BCUT2D eigenvalue weighted by atomic mass is 19.2. The molecule has 0 aliphatic carbocycles. The molecule has 0 radical (unpaired) electrons. The van der Waals surface area contributed by atoms with Crippen LogP contribution in [-0.4, -0.2) is 62.8 Å². The van der Waals surface area contributed by atoms with Gasteiger partial charge in [-0.05, 0) is 6.07 Å². The van der Waals surface area contributed by atoms with Crippen LogP contribution in [0.1, 0.15) is 10.5 Å². The first kappa shape index (κ1) is 16.0. The van der Waals surface area contributed by atoms with E-state index in [2.05, 4.69) is 0 Å². The van der Waals surface area contributed by atoms with Crippen molar-refractivity contribution < 1.29 is 28.6 Å². The first-order chi connectivity index (χ1) is 11.3. The van der Waals surface area contributed by atoms with Crippen LogP contribution in [-0.2, 0) is 7.05 Å². The van der Waals surface area contributed by atoms with E-state index in [1.807, 2.05) is 0 Å². The van der Waals surface area contributed by atoms with Crippen molar-refractivity contribution in [3.8, 4) is 5.75 Å². The number of aromatic hydroxyl groups is 1. The molecule has 2 aromatic rings. The van der Waals surface area contributed by atoms with Crippen LogP contribution >= 0.6 is 0 Å². The van der Waals surface area contributed by atoms with Gasteiger partial charge in [-0.15, -0.1) is 0 Å². The van der Waals surface area contributed by atoms with Crippen LogP contribution in [0.15, 0.2) is 12.1 Å². The molecular formula is C15H15F2N3O4. The van der Waals surface area contributed by atoms with Gasteiger partial charge in [0, 0.05) is 44.7 Å². The Kier molecular flexibility index (Phi) is 3.78. The Morgan fingerprint density at radius 3 is 2.17 bits per heavy atom. The highest BCUT2D eigenvalue weighted by Crippen LogP contribution is 2.33. The zero-order chi connectivity index (χ0) is 17.6. The third-order valence-electron chi connectivity index (χ3n) is 4.25. The molecule has 1 fully saturated rings. The van der Waals surface area contributed by atoms with E-state index in [-0.39, 0.29) is 42.8 Å². The lowest BCUT2D eigenvalue weighted by molar-refractivity contribution is 0.0613. The standard InChI is InChI=1S/C15H15F2N3O4/c1-18-11-7-10(17)9(16)6-8(11)13(21)12(18)14(22)19-2-4-20(5-3-19)15(23)24/h6-7,21H,2-5H2,1H3,(H,23,24). The van der Waals surface area contributed by atoms with Gasteiger partial charge in [0.1, 0.15) is 5.69 Å². The number of benzene rings is 1. The maximum absolute atomic E-state index is 13.4. The number of hydrogen-bond acceptors (Lipinski definition) is 3. The monoisotopic (exact) mass is 339 g/mol. The van der Waals surface area contributed by atoms with Gasteiger partial charge in [-0.3, -0.25) is 4.79 Å². The molecule has 2 heterocycles. The van der Waals surface area contributed by atoms with Crippen molar-refractivity contribution >= 4 is 22.9 Å². The number of fused-ring (bicyclic) bond motifs is 1. The molecule has 2 amide bonds. The molecule has 128 valence electrons. The minimum atomic E-state index is -1.11. The maximum Gasteiger partial charge on any atom is 0.407 e. The smallest absolute Gasteiger partial charge is 0.407 e. The number of carbonyl (C=O) groups excluding carboxylic acids is 1. The first-order valence-corrected chi connectivity index (χ1v) is 7.24. The average Bonchev–Trinajstić information content (AvgIpc) is 2.78. The lowest BCUT2D eigenvalue weighted by atomic mass is 10.2. The SMILES string of the molecule is Cn1c(C(=O)N2CCN(C(=O)O)CC2)c(O)c2cc(F)c(F)cc21. The summed E-state index contributed by atoms with van der Waals surface area (Å²) in [6.07, 6.45) is -1.06. The summed E-state index contributed by atoms with van der Waals surface area (Å²) in [6, 6.07) is 1.77. The second-order valence-electron chi connectivity index (χ2n) is 5.60. The highest BCUT2D eigenvalue weighted by Gasteiger charge is 2.29. The first-order valence-electron chi connectivity index (χ1n) is 7.24. The number of aromatic nitrogens is 1. The Hall–Kier alpha value is -2.84. The summed E-state index contributed by atoms with van der Waals surface area (Å²) in [7, 11) is 1.47. The van der Waals surface area contributed by atoms with E-state index < -0.39 is 29.4 Å². The van der Waals surface area contributed by atoms with E-state index in [9.17, 15) is 23.5 Å². The van der Waals surface area contributed by atoms with Crippen LogP contribution in [0.25, 0.3) is 10.9 Å². The summed E-state index contributed by atoms with van der Waals surface area (Å²) in [4.78, 5) is 26.1. The molecule has 2 N–H and O–H groups in total. The Labute approximate surface area is 135 Å². The fourth-order valence-electron chi connectivity index (χ4n) is 2.91. The van der Waals surface area contributed by atoms with E-state index >= 15 is 0 Å². The Morgan fingerprint density at radius 1 is 1.04 bits per heavy atom. The second-order valence-corrected chi connectivity index (χ2v) is 5.60. The van der Waals surface area contributed by atoms with E-state index in [0.29, 0.717) is 0 Å². The van der Waals surface area contributed by atoms with Crippen molar-refractivity contribution in [2.75, 3.05) is 26.2 Å². The van der Waals surface area contributed by atoms with Gasteiger partial charge in [-0.1, -0.05) is 0 Å². The number of carboxylic acid groups (broad SMARTS) is 1. The molecule has 1 aliphatic heterocycles. The highest BCUT2D eigenvalue weighted by molar-refractivity contribution is 6.04. The lowest BCUT2D eigenvalue weighted by Crippen LogP contribution is -2.50. The number of carbonyl (C=O) groups is 2. The number of rotatable bonds is 1. The molecule has 24 heavy (non-hydrogen) atoms. The maximum atomic E-state index is 13.4. The number of nitrogens with zero attached hydrogens (tertiary/aromatic N) is 3. The Morgan fingerprint density at radius 2 is 1.58 bits per heavy atom. The quantitative estimate of drug-likeness (QED) is 0.826. The predicted octanol–water partition coefficient (Wildman–Crippen LogP) is 1.60. The van der Waals surface area contributed by atoms with Crippen LogP contribution in [0.5, 0.6) is 5.75 Å². The molecular weight excluding hydrogens is 324 g/mol. The van der Waals surface area contributed by atoms with Crippen LogP contribution < -0.4 is 0 Å². The zero-order valence-electron chi connectivity index (χ0n) is 12.8. The topological polar surface area (TPSA) is 86.0 Å². The van der Waals surface area contributed by atoms with Crippen molar-refractivity contribution in [2.45, 2.75) is 0 Å². The molecule has 1 aromatic heterocycles. The minimum Gasteiger partial charge on any atom is -0.505 e. The third-order valence-corrected chi connectivity index (χ3v) is 4.25. The summed E-state index contributed by atoms with van der Waals surface area (Å²) in [6.45, 7) is 0.674. The van der Waals surface area contributed by atoms with Crippen molar-refractivity contribution in [3.63, 3.8) is 0 Å². The molecule has 0 bridgehead atoms. The van der Waals surface area contributed by atoms with Gasteiger partial charge in [-0.2, -0.15) is 0 Å². The van der Waals surface area contributed by atoms with Crippen molar-refractivity contribution in [1.82, 2.24) is 14.4 Å². The molecule has 9 heteroatoms. The summed E-state index contributed by atoms with van der Waals surface area (Å²) >= 11 is 0. The lowest BCUT2D eigenvalue weighted by Gasteiger charge is -2.33. The fourth-order valence-corrected chi connectivity index (χ4v) is 2.91. The summed E-state index contributed by atoms with van der Waals surface area (Å²) in [5.74, 6) is -3.12. The van der Waals surface area contributed by atoms with Gasteiger partial charge in [0.25, 0.3) is 5.91 Å². The van der Waals surface area contributed by atoms with Crippen LogP contribution in [0.3, 0.4) is 0 Å². The molecule has 7 nitrogen and oxygen atoms in total. The van der Waals surface area contributed by atoms with Gasteiger partial charge < -0.3 is 24.6 Å². The molecule has 3 rings (SSSR count).